The fourth-order valence-electron chi connectivity index (χ4n) is 3.49. The summed E-state index contributed by atoms with van der Waals surface area (Å²) >= 11 is 0. The van der Waals surface area contributed by atoms with E-state index in [0.717, 1.165) is 0 Å². The predicted octanol–water partition coefficient (Wildman–Crippen LogP) is 2.79. The average Bonchev–Trinajstić information content (AvgIpc) is 2.62. The number of fused-ring (bicyclic) bond motifs is 1. The molecular formula is C13H19F3O3. The summed E-state index contributed by atoms with van der Waals surface area (Å²) in [4.78, 5) is 11.8. The van der Waals surface area contributed by atoms with E-state index in [9.17, 15) is 18.0 Å². The summed E-state index contributed by atoms with van der Waals surface area (Å²) in [6.07, 6.45) is -5.12. The maximum absolute atomic E-state index is 12.9. The van der Waals surface area contributed by atoms with Crippen LogP contribution in [-0.2, 0) is 14.3 Å². The van der Waals surface area contributed by atoms with Gasteiger partial charge in [-0.2, -0.15) is 13.2 Å². The minimum atomic E-state index is -4.28. The minimum absolute atomic E-state index is 0.0453. The van der Waals surface area contributed by atoms with Crippen LogP contribution in [0.3, 0.4) is 0 Å². The molecule has 1 aliphatic heterocycles. The van der Waals surface area contributed by atoms with Gasteiger partial charge >= 0.3 is 12.1 Å². The highest BCUT2D eigenvalue weighted by Crippen LogP contribution is 2.50. The SMILES string of the molecule is COC(=O)[C@@H]1C[C@@H](C(F)(F)F)C[C@@H]2O[C@@H](C)[C@@H](C)[C@@H]21. The van der Waals surface area contributed by atoms with E-state index in [2.05, 4.69) is 4.74 Å². The highest BCUT2D eigenvalue weighted by Gasteiger charge is 2.56. The van der Waals surface area contributed by atoms with Crippen molar-refractivity contribution < 1.29 is 27.4 Å². The molecule has 1 aliphatic carbocycles. The Bertz CT molecular complexity index is 356. The van der Waals surface area contributed by atoms with Crippen molar-refractivity contribution in [1.82, 2.24) is 0 Å². The third kappa shape index (κ3) is 2.59. The van der Waals surface area contributed by atoms with E-state index >= 15 is 0 Å². The van der Waals surface area contributed by atoms with Crippen molar-refractivity contribution in [1.29, 1.82) is 0 Å². The van der Waals surface area contributed by atoms with Gasteiger partial charge in [0.2, 0.25) is 0 Å². The first-order chi connectivity index (χ1) is 8.75. The summed E-state index contributed by atoms with van der Waals surface area (Å²) in [7, 11) is 1.22. The van der Waals surface area contributed by atoms with Crippen LogP contribution in [0.5, 0.6) is 0 Å². The molecule has 2 aliphatic rings. The topological polar surface area (TPSA) is 35.5 Å². The molecule has 1 saturated carbocycles. The summed E-state index contributed by atoms with van der Waals surface area (Å²) in [5.74, 6) is -2.83. The summed E-state index contributed by atoms with van der Waals surface area (Å²) < 4.78 is 49.1. The number of halogens is 3. The quantitative estimate of drug-likeness (QED) is 0.693. The standard InChI is InChI=1S/C13H19F3O3/c1-6-7(2)19-10-5-8(13(14,15)16)4-9(11(6)10)12(17)18-3/h6-11H,4-5H2,1-3H3/t6-,7+,8-,9-,10+,11-/m1/s1. The molecule has 1 heterocycles. The molecule has 0 aromatic heterocycles. The number of hydrogen-bond acceptors (Lipinski definition) is 3. The van der Waals surface area contributed by atoms with Crippen LogP contribution >= 0.6 is 0 Å². The van der Waals surface area contributed by atoms with Crippen molar-refractivity contribution in [2.45, 2.75) is 45.1 Å². The van der Waals surface area contributed by atoms with Gasteiger partial charge in [-0.05, 0) is 25.7 Å². The Morgan fingerprint density at radius 2 is 1.89 bits per heavy atom. The van der Waals surface area contributed by atoms with E-state index in [0.29, 0.717) is 0 Å². The number of hydrogen-bond donors (Lipinski definition) is 0. The van der Waals surface area contributed by atoms with Crippen LogP contribution < -0.4 is 0 Å². The van der Waals surface area contributed by atoms with E-state index in [4.69, 9.17) is 4.74 Å². The molecule has 0 bridgehead atoms. The van der Waals surface area contributed by atoms with E-state index in [1.807, 2.05) is 13.8 Å². The number of esters is 1. The Morgan fingerprint density at radius 3 is 2.42 bits per heavy atom. The maximum atomic E-state index is 12.9. The van der Waals surface area contributed by atoms with Gasteiger partial charge < -0.3 is 9.47 Å². The molecule has 110 valence electrons. The number of carbonyl (C=O) groups excluding carboxylic acids is 1. The molecule has 0 aromatic carbocycles. The van der Waals surface area contributed by atoms with Crippen LogP contribution in [0.1, 0.15) is 26.7 Å². The smallest absolute Gasteiger partial charge is 0.391 e. The van der Waals surface area contributed by atoms with Crippen LogP contribution in [0.2, 0.25) is 0 Å². The van der Waals surface area contributed by atoms with Gasteiger partial charge in [0.15, 0.2) is 0 Å². The van der Waals surface area contributed by atoms with Crippen molar-refractivity contribution in [3.63, 3.8) is 0 Å². The Hall–Kier alpha value is -0.780. The molecule has 0 unspecified atom stereocenters. The van der Waals surface area contributed by atoms with Gasteiger partial charge in [0.1, 0.15) is 0 Å². The van der Waals surface area contributed by atoms with Crippen LogP contribution in [0.25, 0.3) is 0 Å². The molecule has 0 aromatic rings. The second-order valence-electron chi connectivity index (χ2n) is 5.66. The van der Waals surface area contributed by atoms with Gasteiger partial charge in [-0.15, -0.1) is 0 Å². The lowest BCUT2D eigenvalue weighted by Crippen LogP contribution is -2.44. The first-order valence-corrected chi connectivity index (χ1v) is 6.55. The summed E-state index contributed by atoms with van der Waals surface area (Å²) in [5.41, 5.74) is 0. The van der Waals surface area contributed by atoms with Crippen LogP contribution in [0, 0.1) is 23.7 Å². The molecule has 0 amide bonds. The first kappa shape index (κ1) is 14.6. The van der Waals surface area contributed by atoms with Crippen molar-refractivity contribution in [2.75, 3.05) is 7.11 Å². The number of rotatable bonds is 1. The Kier molecular flexibility index (Phi) is 3.82. The van der Waals surface area contributed by atoms with Crippen LogP contribution in [-0.4, -0.2) is 31.5 Å². The summed E-state index contributed by atoms with van der Waals surface area (Å²) in [6.45, 7) is 3.78. The van der Waals surface area contributed by atoms with Crippen molar-refractivity contribution in [3.05, 3.63) is 0 Å². The average molecular weight is 280 g/mol. The number of alkyl halides is 3. The molecule has 0 N–H and O–H groups in total. The molecule has 6 atom stereocenters. The Morgan fingerprint density at radius 1 is 1.26 bits per heavy atom. The lowest BCUT2D eigenvalue weighted by Gasteiger charge is -2.38. The van der Waals surface area contributed by atoms with Gasteiger partial charge in [-0.3, -0.25) is 4.79 Å². The van der Waals surface area contributed by atoms with Gasteiger partial charge in [-0.25, -0.2) is 0 Å². The van der Waals surface area contributed by atoms with Crippen LogP contribution in [0.15, 0.2) is 0 Å². The lowest BCUT2D eigenvalue weighted by molar-refractivity contribution is -0.202. The summed E-state index contributed by atoms with van der Waals surface area (Å²) in [6, 6.07) is 0. The summed E-state index contributed by atoms with van der Waals surface area (Å²) in [5, 5.41) is 0. The Labute approximate surface area is 110 Å². The maximum Gasteiger partial charge on any atom is 0.391 e. The highest BCUT2D eigenvalue weighted by molar-refractivity contribution is 5.73. The van der Waals surface area contributed by atoms with Crippen molar-refractivity contribution in [2.24, 2.45) is 23.7 Å². The van der Waals surface area contributed by atoms with Crippen molar-refractivity contribution >= 4 is 5.97 Å². The van der Waals surface area contributed by atoms with Crippen LogP contribution in [0.4, 0.5) is 13.2 Å². The lowest BCUT2D eigenvalue weighted by atomic mass is 9.68. The monoisotopic (exact) mass is 280 g/mol. The van der Waals surface area contributed by atoms with Crippen molar-refractivity contribution in [3.8, 4) is 0 Å². The molecule has 2 fully saturated rings. The van der Waals surface area contributed by atoms with Gasteiger partial charge in [0.05, 0.1) is 31.2 Å². The fourth-order valence-corrected chi connectivity index (χ4v) is 3.49. The van der Waals surface area contributed by atoms with Gasteiger partial charge in [0.25, 0.3) is 0 Å². The largest absolute Gasteiger partial charge is 0.469 e. The number of ether oxygens (including phenoxy) is 2. The van der Waals surface area contributed by atoms with Gasteiger partial charge in [0, 0.05) is 5.92 Å². The molecule has 0 spiro atoms. The third-order valence-corrected chi connectivity index (χ3v) is 4.65. The molecule has 0 radical (unpaired) electrons. The Balaban J connectivity index is 2.25. The molecule has 19 heavy (non-hydrogen) atoms. The van der Waals surface area contributed by atoms with E-state index < -0.39 is 30.1 Å². The predicted molar refractivity (Wildman–Crippen MR) is 61.3 cm³/mol. The third-order valence-electron chi connectivity index (χ3n) is 4.65. The second kappa shape index (κ2) is 4.96. The highest BCUT2D eigenvalue weighted by atomic mass is 19.4. The zero-order valence-corrected chi connectivity index (χ0v) is 11.2. The zero-order valence-electron chi connectivity index (χ0n) is 11.2. The minimum Gasteiger partial charge on any atom is -0.469 e. The first-order valence-electron chi connectivity index (χ1n) is 6.55. The van der Waals surface area contributed by atoms with E-state index in [1.165, 1.54) is 7.11 Å². The van der Waals surface area contributed by atoms with E-state index in [1.54, 1.807) is 0 Å². The molecular weight excluding hydrogens is 261 g/mol. The molecule has 6 heteroatoms. The molecule has 1 saturated heterocycles. The molecule has 2 rings (SSSR count). The van der Waals surface area contributed by atoms with E-state index in [-0.39, 0.29) is 30.8 Å². The normalized spacial score (nSPS) is 42.8. The number of methoxy groups -OCH3 is 1. The van der Waals surface area contributed by atoms with Gasteiger partial charge in [-0.1, -0.05) is 6.92 Å². The zero-order chi connectivity index (χ0) is 14.4. The number of carbonyl (C=O) groups is 1. The molecule has 3 nitrogen and oxygen atoms in total. The fraction of sp³-hybridized carbons (Fsp3) is 0.923. The second-order valence-corrected chi connectivity index (χ2v) is 5.66.